The SMILES string of the molecule is N[C@@H](CC[P+](O)(O)C(=O)C(=O)O)C(=O)O. The summed E-state index contributed by atoms with van der Waals surface area (Å²) in [5, 5.41) is 16.6. The quantitative estimate of drug-likeness (QED) is 0.269. The highest BCUT2D eigenvalue weighted by Crippen LogP contribution is 2.51. The number of nitrogens with two attached hydrogens (primary N) is 1. The van der Waals surface area contributed by atoms with Crippen molar-refractivity contribution in [2.45, 2.75) is 12.5 Å². The first-order valence-corrected chi connectivity index (χ1v) is 5.66. The van der Waals surface area contributed by atoms with Gasteiger partial charge in [0.2, 0.25) is 0 Å². The molecule has 0 aromatic heterocycles. The molecular formula is C6H11NO7P+. The average Bonchev–Trinajstić information content (AvgIpc) is 2.12. The van der Waals surface area contributed by atoms with Crippen molar-refractivity contribution in [3.63, 3.8) is 0 Å². The van der Waals surface area contributed by atoms with E-state index in [2.05, 4.69) is 0 Å². The Balaban J connectivity index is 4.33. The highest BCUT2D eigenvalue weighted by Gasteiger charge is 2.48. The largest absolute Gasteiger partial charge is 0.480 e. The van der Waals surface area contributed by atoms with E-state index in [1.807, 2.05) is 0 Å². The van der Waals surface area contributed by atoms with Gasteiger partial charge in [-0.25, -0.2) is 19.4 Å². The van der Waals surface area contributed by atoms with Crippen molar-refractivity contribution < 1.29 is 34.4 Å². The maximum atomic E-state index is 10.7. The second-order valence-corrected chi connectivity index (χ2v) is 5.11. The van der Waals surface area contributed by atoms with E-state index in [1.54, 1.807) is 0 Å². The van der Waals surface area contributed by atoms with Crippen LogP contribution in [0.1, 0.15) is 6.42 Å². The molecule has 0 saturated carbocycles. The molecule has 0 radical (unpaired) electrons. The van der Waals surface area contributed by atoms with Crippen LogP contribution < -0.4 is 5.73 Å². The molecule has 15 heavy (non-hydrogen) atoms. The lowest BCUT2D eigenvalue weighted by Gasteiger charge is -2.09. The van der Waals surface area contributed by atoms with Gasteiger partial charge in [-0.15, -0.1) is 0 Å². The molecule has 0 fully saturated rings. The molecule has 0 aliphatic heterocycles. The second-order valence-electron chi connectivity index (χ2n) is 2.80. The summed E-state index contributed by atoms with van der Waals surface area (Å²) in [6.45, 7) is 0. The number of aliphatic carboxylic acids is 2. The van der Waals surface area contributed by atoms with Gasteiger partial charge in [0.15, 0.2) is 0 Å². The Kier molecular flexibility index (Phi) is 4.76. The van der Waals surface area contributed by atoms with Gasteiger partial charge in [0, 0.05) is 6.42 Å². The smallest absolute Gasteiger partial charge is 0.432 e. The lowest BCUT2D eigenvalue weighted by Crippen LogP contribution is -2.32. The standard InChI is InChI=1S/C6H10NO7P/c7-3(4(8)9)1-2-15(13,14)6(12)5(10)11/h3,13-14H,1-2,7H2,(H-,8,9,10,11)/p+1/t3-/m0/s1. The zero-order valence-electron chi connectivity index (χ0n) is 7.53. The predicted octanol–water partition coefficient (Wildman–Crippen LogP) is -1.77. The van der Waals surface area contributed by atoms with Crippen LogP contribution >= 0.6 is 7.72 Å². The number of carbonyl (C=O) groups excluding carboxylic acids is 1. The predicted molar refractivity (Wildman–Crippen MR) is 49.1 cm³/mol. The monoisotopic (exact) mass is 240 g/mol. The van der Waals surface area contributed by atoms with Crippen molar-refractivity contribution >= 4 is 25.2 Å². The van der Waals surface area contributed by atoms with Gasteiger partial charge in [-0.05, 0) is 0 Å². The van der Waals surface area contributed by atoms with Crippen molar-refractivity contribution in [2.24, 2.45) is 5.73 Å². The summed E-state index contributed by atoms with van der Waals surface area (Å²) in [6.07, 6.45) is -1.03. The van der Waals surface area contributed by atoms with Gasteiger partial charge in [0.1, 0.15) is 12.2 Å². The van der Waals surface area contributed by atoms with E-state index >= 15 is 0 Å². The number of carboxylic acid groups (broad SMARTS) is 2. The van der Waals surface area contributed by atoms with Crippen molar-refractivity contribution in [2.75, 3.05) is 6.16 Å². The van der Waals surface area contributed by atoms with E-state index in [0.29, 0.717) is 0 Å². The van der Waals surface area contributed by atoms with Gasteiger partial charge >= 0.3 is 25.2 Å². The third-order valence-electron chi connectivity index (χ3n) is 1.58. The van der Waals surface area contributed by atoms with Crippen LogP contribution in [-0.4, -0.2) is 49.7 Å². The van der Waals surface area contributed by atoms with Crippen molar-refractivity contribution in [3.05, 3.63) is 0 Å². The Morgan fingerprint density at radius 1 is 1.20 bits per heavy atom. The summed E-state index contributed by atoms with van der Waals surface area (Å²) in [7, 11) is -4.27. The van der Waals surface area contributed by atoms with E-state index in [0.717, 1.165) is 0 Å². The number of carbonyl (C=O) groups is 3. The van der Waals surface area contributed by atoms with E-state index in [-0.39, 0.29) is 6.42 Å². The first-order chi connectivity index (χ1) is 6.68. The van der Waals surface area contributed by atoms with E-state index in [4.69, 9.17) is 25.7 Å². The van der Waals surface area contributed by atoms with Gasteiger partial charge in [-0.1, -0.05) is 0 Å². The van der Waals surface area contributed by atoms with Crippen LogP contribution in [0.2, 0.25) is 0 Å². The Bertz CT molecular complexity index is 289. The summed E-state index contributed by atoms with van der Waals surface area (Å²) in [4.78, 5) is 49.2. The molecule has 0 unspecified atom stereocenters. The molecule has 0 bridgehead atoms. The fourth-order valence-electron chi connectivity index (χ4n) is 0.697. The Hall–Kier alpha value is -1.08. The molecule has 0 aromatic rings. The Morgan fingerprint density at radius 2 is 1.67 bits per heavy atom. The fourth-order valence-corrected chi connectivity index (χ4v) is 1.84. The molecule has 1 atom stereocenters. The van der Waals surface area contributed by atoms with Gasteiger partial charge < -0.3 is 15.9 Å². The minimum Gasteiger partial charge on any atom is -0.480 e. The molecule has 0 rings (SSSR count). The van der Waals surface area contributed by atoms with E-state index in [9.17, 15) is 14.4 Å². The molecule has 0 aliphatic rings. The van der Waals surface area contributed by atoms with Crippen molar-refractivity contribution in [1.29, 1.82) is 0 Å². The summed E-state index contributed by atoms with van der Waals surface area (Å²) in [5.41, 5.74) is 3.33. The van der Waals surface area contributed by atoms with Gasteiger partial charge in [0.25, 0.3) is 0 Å². The lowest BCUT2D eigenvalue weighted by atomic mass is 10.2. The average molecular weight is 240 g/mol. The fraction of sp³-hybridized carbons (Fsp3) is 0.500. The van der Waals surface area contributed by atoms with Gasteiger partial charge in [0.05, 0.1) is 0 Å². The maximum Gasteiger partial charge on any atom is 0.432 e. The second kappa shape index (κ2) is 5.13. The minimum absolute atomic E-state index is 0.380. The molecule has 0 spiro atoms. The zero-order chi connectivity index (χ0) is 12.2. The molecule has 0 saturated heterocycles. The Labute approximate surface area is 84.8 Å². The Morgan fingerprint density at radius 3 is 2.00 bits per heavy atom. The molecule has 9 heteroatoms. The molecule has 86 valence electrons. The van der Waals surface area contributed by atoms with Crippen molar-refractivity contribution in [3.8, 4) is 0 Å². The van der Waals surface area contributed by atoms with Crippen molar-refractivity contribution in [1.82, 2.24) is 0 Å². The number of hydrogen-bond donors (Lipinski definition) is 5. The molecule has 0 aromatic carbocycles. The maximum absolute atomic E-state index is 10.7. The van der Waals surface area contributed by atoms with Crippen LogP contribution in [0.5, 0.6) is 0 Å². The zero-order valence-corrected chi connectivity index (χ0v) is 8.42. The topological polar surface area (TPSA) is 158 Å². The molecule has 6 N–H and O–H groups in total. The molecular weight excluding hydrogens is 229 g/mol. The number of hydrogen-bond acceptors (Lipinski definition) is 6. The third-order valence-corrected chi connectivity index (χ3v) is 3.30. The van der Waals surface area contributed by atoms with Gasteiger partial charge in [-0.2, -0.15) is 0 Å². The van der Waals surface area contributed by atoms with Gasteiger partial charge in [-0.3, -0.25) is 4.79 Å². The number of rotatable bonds is 6. The van der Waals surface area contributed by atoms with Crippen LogP contribution in [0.15, 0.2) is 0 Å². The minimum atomic E-state index is -4.27. The highest BCUT2D eigenvalue weighted by molar-refractivity contribution is 7.83. The molecule has 0 amide bonds. The van der Waals surface area contributed by atoms with Crippen LogP contribution in [0.25, 0.3) is 0 Å². The molecule has 8 nitrogen and oxygen atoms in total. The number of carboxylic acids is 2. The molecule has 0 heterocycles. The molecule has 0 aliphatic carbocycles. The van der Waals surface area contributed by atoms with Crippen LogP contribution in [0.3, 0.4) is 0 Å². The summed E-state index contributed by atoms with van der Waals surface area (Å²) < 4.78 is 0. The van der Waals surface area contributed by atoms with Crippen LogP contribution in [0, 0.1) is 0 Å². The third kappa shape index (κ3) is 4.30. The van der Waals surface area contributed by atoms with Crippen LogP contribution in [0.4, 0.5) is 0 Å². The van der Waals surface area contributed by atoms with E-state index in [1.165, 1.54) is 0 Å². The first kappa shape index (κ1) is 13.9. The van der Waals surface area contributed by atoms with Crippen LogP contribution in [-0.2, 0) is 14.4 Å². The summed E-state index contributed by atoms with van der Waals surface area (Å²) in [5.74, 6) is -3.32. The summed E-state index contributed by atoms with van der Waals surface area (Å²) >= 11 is 0. The first-order valence-electron chi connectivity index (χ1n) is 3.78. The highest BCUT2D eigenvalue weighted by atomic mass is 31.2. The van der Waals surface area contributed by atoms with E-state index < -0.39 is 37.4 Å². The normalized spacial score (nSPS) is 13.3. The summed E-state index contributed by atoms with van der Waals surface area (Å²) in [6, 6.07) is -1.36. The lowest BCUT2D eigenvalue weighted by molar-refractivity contribution is -0.145.